The zero-order valence-corrected chi connectivity index (χ0v) is 12.2. The van der Waals surface area contributed by atoms with E-state index < -0.39 is 0 Å². The molecular weight excluding hydrogens is 290 g/mol. The van der Waals surface area contributed by atoms with E-state index in [-0.39, 0.29) is 17.3 Å². The van der Waals surface area contributed by atoms with Gasteiger partial charge in [-0.25, -0.2) is 4.98 Å². The van der Waals surface area contributed by atoms with Gasteiger partial charge in [-0.1, -0.05) is 0 Å². The fourth-order valence-corrected chi connectivity index (χ4v) is 2.52. The Kier molecular flexibility index (Phi) is 4.49. The largest absolute Gasteiger partial charge is 0.398 e. The molecule has 0 atom stereocenters. The van der Waals surface area contributed by atoms with Crippen LogP contribution in [0.3, 0.4) is 0 Å². The molecule has 0 aliphatic heterocycles. The number of nitrogens with zero attached hydrogens (tertiary/aromatic N) is 1. The van der Waals surface area contributed by atoms with Crippen molar-refractivity contribution < 1.29 is 4.79 Å². The number of nitrogen functional groups attached to an aromatic ring is 2. The van der Waals surface area contributed by atoms with Crippen LogP contribution in [0.15, 0.2) is 39.1 Å². The topological polar surface area (TPSA) is 127 Å². The van der Waals surface area contributed by atoms with E-state index in [0.717, 1.165) is 11.8 Å². The van der Waals surface area contributed by atoms with Crippen molar-refractivity contribution in [1.82, 2.24) is 15.3 Å². The summed E-state index contributed by atoms with van der Waals surface area (Å²) in [6, 6.07) is 6.12. The van der Waals surface area contributed by atoms with Crippen molar-refractivity contribution in [3.8, 4) is 0 Å². The Morgan fingerprint density at radius 1 is 1.38 bits per heavy atom. The number of aromatic amines is 1. The molecule has 0 radical (unpaired) electrons. The predicted molar refractivity (Wildman–Crippen MR) is 82.3 cm³/mol. The molecule has 110 valence electrons. The number of hydrogen-bond donors (Lipinski definition) is 4. The van der Waals surface area contributed by atoms with Gasteiger partial charge in [0.15, 0.2) is 5.16 Å². The third-order valence-electron chi connectivity index (χ3n) is 2.56. The van der Waals surface area contributed by atoms with Crippen molar-refractivity contribution in [2.75, 3.05) is 18.0 Å². The van der Waals surface area contributed by atoms with E-state index in [4.69, 9.17) is 11.5 Å². The lowest BCUT2D eigenvalue weighted by molar-refractivity contribution is 0.0955. The van der Waals surface area contributed by atoms with Gasteiger partial charge in [0.05, 0.1) is 0 Å². The van der Waals surface area contributed by atoms with Crippen LogP contribution in [0.4, 0.5) is 11.5 Å². The lowest BCUT2D eigenvalue weighted by Gasteiger charge is -2.08. The highest BCUT2D eigenvalue weighted by Crippen LogP contribution is 2.30. The fraction of sp³-hybridized carbons (Fsp3) is 0.154. The number of anilines is 2. The van der Waals surface area contributed by atoms with Gasteiger partial charge in [-0.15, -0.1) is 0 Å². The van der Waals surface area contributed by atoms with E-state index in [1.165, 1.54) is 6.07 Å². The van der Waals surface area contributed by atoms with E-state index in [9.17, 15) is 9.59 Å². The third kappa shape index (κ3) is 3.76. The minimum Gasteiger partial charge on any atom is -0.398 e. The molecule has 0 aliphatic rings. The Bertz CT molecular complexity index is 729. The van der Waals surface area contributed by atoms with Crippen LogP contribution in [0.1, 0.15) is 17.3 Å². The molecule has 21 heavy (non-hydrogen) atoms. The van der Waals surface area contributed by atoms with Gasteiger partial charge in [-0.05, 0) is 36.9 Å². The van der Waals surface area contributed by atoms with Gasteiger partial charge in [0.25, 0.3) is 11.5 Å². The molecule has 1 amide bonds. The van der Waals surface area contributed by atoms with Gasteiger partial charge >= 0.3 is 0 Å². The molecule has 0 spiro atoms. The van der Waals surface area contributed by atoms with Crippen molar-refractivity contribution >= 4 is 29.2 Å². The first kappa shape index (κ1) is 14.9. The Morgan fingerprint density at radius 2 is 2.14 bits per heavy atom. The van der Waals surface area contributed by atoms with E-state index in [1.54, 1.807) is 18.2 Å². The molecule has 1 aromatic heterocycles. The van der Waals surface area contributed by atoms with Crippen LogP contribution < -0.4 is 22.3 Å². The Balaban J connectivity index is 2.32. The third-order valence-corrected chi connectivity index (χ3v) is 3.52. The number of benzene rings is 1. The summed E-state index contributed by atoms with van der Waals surface area (Å²) < 4.78 is 0. The lowest BCUT2D eigenvalue weighted by atomic mass is 10.2. The monoisotopic (exact) mass is 305 g/mol. The van der Waals surface area contributed by atoms with Crippen LogP contribution in [0.5, 0.6) is 0 Å². The van der Waals surface area contributed by atoms with E-state index >= 15 is 0 Å². The number of amides is 1. The summed E-state index contributed by atoms with van der Waals surface area (Å²) in [5, 5.41) is 3.03. The zero-order chi connectivity index (χ0) is 15.4. The normalized spacial score (nSPS) is 10.3. The number of nitrogens with two attached hydrogens (primary N) is 2. The molecular formula is C13H15N5O2S. The lowest BCUT2D eigenvalue weighted by Crippen LogP contribution is -2.22. The smallest absolute Gasteiger partial charge is 0.253 e. The molecule has 0 fully saturated rings. The quantitative estimate of drug-likeness (QED) is 0.489. The first-order valence-corrected chi connectivity index (χ1v) is 7.03. The maximum Gasteiger partial charge on any atom is 0.253 e. The van der Waals surface area contributed by atoms with E-state index in [2.05, 4.69) is 15.3 Å². The van der Waals surface area contributed by atoms with Crippen molar-refractivity contribution in [2.45, 2.75) is 17.0 Å². The molecule has 2 rings (SSSR count). The van der Waals surface area contributed by atoms with Gasteiger partial charge in [0.2, 0.25) is 0 Å². The maximum atomic E-state index is 11.8. The minimum atomic E-state index is -0.344. The summed E-state index contributed by atoms with van der Waals surface area (Å²) in [5.74, 6) is -0.0620. The Hall–Kier alpha value is -2.48. The second-order valence-electron chi connectivity index (χ2n) is 4.19. The van der Waals surface area contributed by atoms with Crippen molar-refractivity contribution in [1.29, 1.82) is 0 Å². The van der Waals surface area contributed by atoms with Gasteiger partial charge in [-0.2, -0.15) is 0 Å². The fourth-order valence-electron chi connectivity index (χ4n) is 1.63. The first-order valence-electron chi connectivity index (χ1n) is 6.22. The molecule has 0 saturated carbocycles. The van der Waals surface area contributed by atoms with Crippen LogP contribution in [0.25, 0.3) is 0 Å². The van der Waals surface area contributed by atoms with Crippen LogP contribution in [-0.4, -0.2) is 22.4 Å². The van der Waals surface area contributed by atoms with Crippen molar-refractivity contribution in [2.24, 2.45) is 0 Å². The number of carbonyl (C=O) groups excluding carboxylic acids is 1. The summed E-state index contributed by atoms with van der Waals surface area (Å²) in [6.07, 6.45) is 0. The number of H-pyrrole nitrogens is 1. The summed E-state index contributed by atoms with van der Waals surface area (Å²) in [7, 11) is 0. The molecule has 0 aliphatic carbocycles. The summed E-state index contributed by atoms with van der Waals surface area (Å²) >= 11 is 1.14. The zero-order valence-electron chi connectivity index (χ0n) is 11.3. The predicted octanol–water partition coefficient (Wildman–Crippen LogP) is 0.835. The SMILES string of the molecule is CCNC(=O)c1ccc(N)c(Sc2nc(N)cc(=O)[nH]2)c1. The second-order valence-corrected chi connectivity index (χ2v) is 5.22. The van der Waals surface area contributed by atoms with Crippen LogP contribution in [-0.2, 0) is 0 Å². The van der Waals surface area contributed by atoms with Crippen molar-refractivity contribution in [3.05, 3.63) is 40.2 Å². The molecule has 6 N–H and O–H groups in total. The summed E-state index contributed by atoms with van der Waals surface area (Å²) in [4.78, 5) is 30.4. The average molecular weight is 305 g/mol. The number of nitrogens with one attached hydrogen (secondary N) is 2. The van der Waals surface area contributed by atoms with Gasteiger partial charge < -0.3 is 21.8 Å². The molecule has 0 unspecified atom stereocenters. The van der Waals surface area contributed by atoms with Crippen LogP contribution in [0, 0.1) is 0 Å². The maximum absolute atomic E-state index is 11.8. The molecule has 1 aromatic carbocycles. The van der Waals surface area contributed by atoms with Gasteiger partial charge in [0, 0.05) is 28.8 Å². The van der Waals surface area contributed by atoms with E-state index in [1.807, 2.05) is 6.92 Å². The average Bonchev–Trinajstić information content (AvgIpc) is 2.40. The van der Waals surface area contributed by atoms with Gasteiger partial charge in [0.1, 0.15) is 5.82 Å². The highest BCUT2D eigenvalue weighted by atomic mass is 32.2. The standard InChI is InChI=1S/C13H15N5O2S/c1-2-16-12(20)7-3-4-8(14)9(5-7)21-13-17-10(15)6-11(19)18-13/h3-6H,2,14H2,1H3,(H,16,20)(H3,15,17,18,19). The summed E-state index contributed by atoms with van der Waals surface area (Å²) in [6.45, 7) is 2.38. The highest BCUT2D eigenvalue weighted by molar-refractivity contribution is 7.99. The van der Waals surface area contributed by atoms with E-state index in [0.29, 0.717) is 27.8 Å². The molecule has 8 heteroatoms. The molecule has 7 nitrogen and oxygen atoms in total. The Morgan fingerprint density at radius 3 is 2.81 bits per heavy atom. The van der Waals surface area contributed by atoms with Crippen LogP contribution in [0.2, 0.25) is 0 Å². The Labute approximate surface area is 125 Å². The van der Waals surface area contributed by atoms with Crippen molar-refractivity contribution in [3.63, 3.8) is 0 Å². The number of carbonyl (C=O) groups is 1. The second kappa shape index (κ2) is 6.31. The molecule has 1 heterocycles. The number of aromatic nitrogens is 2. The molecule has 0 saturated heterocycles. The van der Waals surface area contributed by atoms with Crippen LogP contribution >= 0.6 is 11.8 Å². The molecule has 2 aromatic rings. The number of hydrogen-bond acceptors (Lipinski definition) is 6. The molecule has 0 bridgehead atoms. The first-order chi connectivity index (χ1) is 9.99. The van der Waals surface area contributed by atoms with Gasteiger partial charge in [-0.3, -0.25) is 9.59 Å². The highest BCUT2D eigenvalue weighted by Gasteiger charge is 2.10. The summed E-state index contributed by atoms with van der Waals surface area (Å²) in [5.41, 5.74) is 12.0. The minimum absolute atomic E-state index is 0.125. The number of rotatable bonds is 4.